The van der Waals surface area contributed by atoms with Crippen molar-refractivity contribution in [2.45, 2.75) is 33.2 Å². The topological polar surface area (TPSA) is 77.0 Å². The van der Waals surface area contributed by atoms with Crippen molar-refractivity contribution in [3.8, 4) is 0 Å². The number of benzene rings is 1. The van der Waals surface area contributed by atoms with Gasteiger partial charge in [0.1, 0.15) is 0 Å². The number of sulfonamides is 1. The van der Waals surface area contributed by atoms with Crippen LogP contribution in [0.25, 0.3) is 0 Å². The van der Waals surface area contributed by atoms with Crippen LogP contribution in [0.5, 0.6) is 0 Å². The van der Waals surface area contributed by atoms with E-state index < -0.39 is 10.0 Å². The van der Waals surface area contributed by atoms with Gasteiger partial charge in [0.25, 0.3) is 0 Å². The smallest absolute Gasteiger partial charge is 0.214 e. The Balaban J connectivity index is 0.00000450. The number of guanidine groups is 1. The van der Waals surface area contributed by atoms with Crippen LogP contribution < -0.4 is 10.6 Å². The average molecular weight is 572 g/mol. The van der Waals surface area contributed by atoms with Crippen LogP contribution in [0.15, 0.2) is 29.3 Å². The second-order valence-electron chi connectivity index (χ2n) is 6.97. The Labute approximate surface area is 203 Å². The van der Waals surface area contributed by atoms with Crippen LogP contribution in [0.1, 0.15) is 38.8 Å². The molecule has 0 radical (unpaired) electrons. The summed E-state index contributed by atoms with van der Waals surface area (Å²) in [5, 5.41) is 7.25. The molecule has 1 unspecified atom stereocenters. The minimum atomic E-state index is -3.07. The highest BCUT2D eigenvalue weighted by molar-refractivity contribution is 14.0. The second-order valence-corrected chi connectivity index (χ2v) is 9.47. The monoisotopic (exact) mass is 571 g/mol. The fraction of sp³-hybridized carbons (Fsp3) is 0.650. The van der Waals surface area contributed by atoms with Gasteiger partial charge in [-0.25, -0.2) is 12.7 Å². The first kappa shape index (κ1) is 27.4. The van der Waals surface area contributed by atoms with Gasteiger partial charge < -0.3 is 10.6 Å². The molecule has 10 heteroatoms. The van der Waals surface area contributed by atoms with E-state index in [9.17, 15) is 8.42 Å². The van der Waals surface area contributed by atoms with Crippen molar-refractivity contribution in [3.63, 3.8) is 0 Å². The molecule has 0 bridgehead atoms. The van der Waals surface area contributed by atoms with Crippen molar-refractivity contribution in [3.05, 3.63) is 34.9 Å². The first-order chi connectivity index (χ1) is 13.9. The maximum absolute atomic E-state index is 11.9. The number of nitrogens with zero attached hydrogens (tertiary/aromatic N) is 3. The largest absolute Gasteiger partial charge is 0.357 e. The molecule has 1 aliphatic rings. The molecule has 1 heterocycles. The molecule has 1 aliphatic heterocycles. The van der Waals surface area contributed by atoms with Crippen molar-refractivity contribution < 1.29 is 8.42 Å². The van der Waals surface area contributed by atoms with Gasteiger partial charge in [-0.15, -0.1) is 24.0 Å². The Morgan fingerprint density at radius 1 is 1.23 bits per heavy atom. The minimum absolute atomic E-state index is 0. The standard InChI is InChI=1S/C20H34ClN5O2S.HI/c1-4-22-20(23-12-14-26-13-9-15-29(26,27)28)24-16-19(25(5-2)6-3)17-10-7-8-11-18(17)21;/h7-8,10-11,19H,4-6,9,12-16H2,1-3H3,(H2,22,23,24);1H. The highest BCUT2D eigenvalue weighted by Crippen LogP contribution is 2.27. The zero-order valence-corrected chi connectivity index (χ0v) is 22.0. The molecule has 2 N–H and O–H groups in total. The number of nitrogens with one attached hydrogen (secondary N) is 2. The van der Waals surface area contributed by atoms with E-state index in [0.717, 1.165) is 30.2 Å². The molecule has 0 spiro atoms. The molecule has 7 nitrogen and oxygen atoms in total. The van der Waals surface area contributed by atoms with E-state index in [1.165, 1.54) is 0 Å². The summed E-state index contributed by atoms with van der Waals surface area (Å²) in [6.07, 6.45) is 0.708. The Kier molecular flexibility index (Phi) is 12.5. The molecule has 1 fully saturated rings. The summed E-state index contributed by atoms with van der Waals surface area (Å²) < 4.78 is 25.4. The Morgan fingerprint density at radius 2 is 1.93 bits per heavy atom. The number of rotatable bonds is 10. The lowest BCUT2D eigenvalue weighted by Gasteiger charge is -2.29. The maximum atomic E-state index is 11.9. The SMILES string of the molecule is CCNC(=NCC(c1ccccc1Cl)N(CC)CC)NCCN1CCCS1(=O)=O.I. The van der Waals surface area contributed by atoms with Gasteiger partial charge in [-0.2, -0.15) is 0 Å². The van der Waals surface area contributed by atoms with Crippen molar-refractivity contribution in [2.75, 3.05) is 51.6 Å². The van der Waals surface area contributed by atoms with E-state index in [0.29, 0.717) is 38.6 Å². The van der Waals surface area contributed by atoms with Crippen molar-refractivity contribution in [2.24, 2.45) is 4.99 Å². The highest BCUT2D eigenvalue weighted by Gasteiger charge is 2.27. The molecule has 1 atom stereocenters. The van der Waals surface area contributed by atoms with Gasteiger partial charge in [0.15, 0.2) is 5.96 Å². The van der Waals surface area contributed by atoms with E-state index in [1.54, 1.807) is 4.31 Å². The zero-order chi connectivity index (χ0) is 21.3. The van der Waals surface area contributed by atoms with E-state index in [2.05, 4.69) is 35.4 Å². The minimum Gasteiger partial charge on any atom is -0.357 e. The summed E-state index contributed by atoms with van der Waals surface area (Å²) in [6.45, 7) is 11.0. The Hall–Kier alpha value is -0.620. The van der Waals surface area contributed by atoms with Crippen LogP contribution in [-0.4, -0.2) is 75.1 Å². The number of halogens is 2. The number of hydrogen-bond acceptors (Lipinski definition) is 4. The number of aliphatic imine (C=N–C) groups is 1. The fourth-order valence-electron chi connectivity index (χ4n) is 3.58. The van der Waals surface area contributed by atoms with E-state index in [1.807, 2.05) is 25.1 Å². The predicted octanol–water partition coefficient (Wildman–Crippen LogP) is 2.93. The molecule has 1 aromatic carbocycles. The van der Waals surface area contributed by atoms with Gasteiger partial charge in [-0.1, -0.05) is 43.6 Å². The quantitative estimate of drug-likeness (QED) is 0.257. The summed E-state index contributed by atoms with van der Waals surface area (Å²) in [6, 6.07) is 7.98. The zero-order valence-electron chi connectivity index (χ0n) is 18.1. The normalized spacial score (nSPS) is 17.6. The third kappa shape index (κ3) is 7.81. The molecule has 0 aliphatic carbocycles. The predicted molar refractivity (Wildman–Crippen MR) is 136 cm³/mol. The molecule has 0 aromatic heterocycles. The molecule has 30 heavy (non-hydrogen) atoms. The Morgan fingerprint density at radius 3 is 2.50 bits per heavy atom. The molecule has 0 amide bonds. The summed E-state index contributed by atoms with van der Waals surface area (Å²) in [7, 11) is -3.07. The molecular weight excluding hydrogens is 537 g/mol. The third-order valence-corrected chi connectivity index (χ3v) is 7.44. The molecule has 2 rings (SSSR count). The summed E-state index contributed by atoms with van der Waals surface area (Å²) in [5.41, 5.74) is 1.07. The molecule has 1 saturated heterocycles. The van der Waals surface area contributed by atoms with Crippen molar-refractivity contribution >= 4 is 51.6 Å². The van der Waals surface area contributed by atoms with Crippen LogP contribution in [0.3, 0.4) is 0 Å². The van der Waals surface area contributed by atoms with Crippen LogP contribution in [-0.2, 0) is 10.0 Å². The summed E-state index contributed by atoms with van der Waals surface area (Å²) in [5.74, 6) is 0.943. The Bertz CT molecular complexity index is 774. The van der Waals surface area contributed by atoms with Crippen molar-refractivity contribution in [1.29, 1.82) is 0 Å². The lowest BCUT2D eigenvalue weighted by atomic mass is 10.1. The van der Waals surface area contributed by atoms with Crippen molar-refractivity contribution in [1.82, 2.24) is 19.8 Å². The number of likely N-dealkylation sites (N-methyl/N-ethyl adjacent to an activating group) is 1. The van der Waals surface area contributed by atoms with Gasteiger partial charge in [-0.3, -0.25) is 9.89 Å². The van der Waals surface area contributed by atoms with Gasteiger partial charge in [0.2, 0.25) is 10.0 Å². The van der Waals surface area contributed by atoms with Gasteiger partial charge in [-0.05, 0) is 38.1 Å². The first-order valence-electron chi connectivity index (χ1n) is 10.4. The van der Waals surface area contributed by atoms with E-state index in [4.69, 9.17) is 16.6 Å². The van der Waals surface area contributed by atoms with Gasteiger partial charge >= 0.3 is 0 Å². The lowest BCUT2D eigenvalue weighted by molar-refractivity contribution is 0.224. The van der Waals surface area contributed by atoms with Gasteiger partial charge in [0, 0.05) is 31.2 Å². The van der Waals surface area contributed by atoms with Crippen LogP contribution in [0, 0.1) is 0 Å². The van der Waals surface area contributed by atoms with Crippen LogP contribution >= 0.6 is 35.6 Å². The molecule has 172 valence electrons. The highest BCUT2D eigenvalue weighted by atomic mass is 127. The second kappa shape index (κ2) is 13.7. The number of hydrogen-bond donors (Lipinski definition) is 2. The maximum Gasteiger partial charge on any atom is 0.214 e. The molecule has 0 saturated carbocycles. The van der Waals surface area contributed by atoms with E-state index >= 15 is 0 Å². The fourth-order valence-corrected chi connectivity index (χ4v) is 5.37. The molecule has 1 aromatic rings. The van der Waals surface area contributed by atoms with Crippen LogP contribution in [0.4, 0.5) is 0 Å². The average Bonchev–Trinajstić information content (AvgIpc) is 3.04. The first-order valence-corrected chi connectivity index (χ1v) is 12.4. The third-order valence-electron chi connectivity index (χ3n) is 5.14. The summed E-state index contributed by atoms with van der Waals surface area (Å²) >= 11 is 6.47. The lowest BCUT2D eigenvalue weighted by Crippen LogP contribution is -2.42. The molecular formula is C20H35ClIN5O2S. The summed E-state index contributed by atoms with van der Waals surface area (Å²) in [4.78, 5) is 7.11. The van der Waals surface area contributed by atoms with E-state index in [-0.39, 0.29) is 35.8 Å². The van der Waals surface area contributed by atoms with Gasteiger partial charge in [0.05, 0.1) is 18.3 Å². The van der Waals surface area contributed by atoms with Crippen LogP contribution in [0.2, 0.25) is 5.02 Å².